The quantitative estimate of drug-likeness (QED) is 0.261. The highest BCUT2D eigenvalue weighted by atomic mass is 16.7. The second kappa shape index (κ2) is 11.4. The third-order valence-electron chi connectivity index (χ3n) is 16.2. The molecule has 6 aliphatic carbocycles. The maximum Gasteiger partial charge on any atom is 0.293 e. The number of carbonyl (C=O) groups is 2. The molecular weight excluding hydrogens is 594 g/mol. The van der Waals surface area contributed by atoms with Gasteiger partial charge in [0.25, 0.3) is 6.47 Å². The molecular formula is C39H61NO7. The van der Waals surface area contributed by atoms with Crippen molar-refractivity contribution in [1.29, 1.82) is 0 Å². The van der Waals surface area contributed by atoms with Crippen LogP contribution in [0.25, 0.3) is 0 Å². The number of methoxy groups -OCH3 is 1. The van der Waals surface area contributed by atoms with E-state index in [9.17, 15) is 9.59 Å². The van der Waals surface area contributed by atoms with Crippen molar-refractivity contribution >= 4 is 12.4 Å². The summed E-state index contributed by atoms with van der Waals surface area (Å²) in [4.78, 5) is 26.4. The molecule has 0 radical (unpaired) electrons. The van der Waals surface area contributed by atoms with Crippen LogP contribution in [-0.4, -0.2) is 80.4 Å². The van der Waals surface area contributed by atoms with Gasteiger partial charge in [-0.1, -0.05) is 20.8 Å². The van der Waals surface area contributed by atoms with Crippen LogP contribution < -0.4 is 0 Å². The first-order chi connectivity index (χ1) is 22.4. The first-order valence-corrected chi connectivity index (χ1v) is 19.2. The molecule has 8 nitrogen and oxygen atoms in total. The number of morpholine rings is 1. The van der Waals surface area contributed by atoms with Crippen molar-refractivity contribution < 1.29 is 33.3 Å². The fourth-order valence-electron chi connectivity index (χ4n) is 13.4. The van der Waals surface area contributed by atoms with Crippen LogP contribution in [0.3, 0.4) is 0 Å². The van der Waals surface area contributed by atoms with Gasteiger partial charge >= 0.3 is 0 Å². The number of ether oxygens (including phenoxy) is 5. The van der Waals surface area contributed by atoms with E-state index in [0.29, 0.717) is 72.5 Å². The highest BCUT2D eigenvalue weighted by Crippen LogP contribution is 2.87. The molecule has 47 heavy (non-hydrogen) atoms. The smallest absolute Gasteiger partial charge is 0.293 e. The minimum Gasteiger partial charge on any atom is -0.459 e. The van der Waals surface area contributed by atoms with Gasteiger partial charge in [-0.2, -0.15) is 0 Å². The van der Waals surface area contributed by atoms with Crippen LogP contribution in [0.5, 0.6) is 0 Å². The van der Waals surface area contributed by atoms with E-state index in [4.69, 9.17) is 23.7 Å². The molecule has 264 valence electrons. The molecule has 0 aromatic rings. The van der Waals surface area contributed by atoms with Crippen molar-refractivity contribution in [1.82, 2.24) is 4.90 Å². The van der Waals surface area contributed by atoms with Crippen molar-refractivity contribution in [3.05, 3.63) is 0 Å². The van der Waals surface area contributed by atoms with Crippen molar-refractivity contribution in [2.24, 2.45) is 51.2 Å². The van der Waals surface area contributed by atoms with Gasteiger partial charge < -0.3 is 28.6 Å². The predicted molar refractivity (Wildman–Crippen MR) is 176 cm³/mol. The summed E-state index contributed by atoms with van der Waals surface area (Å²) in [6.07, 6.45) is 15.0. The molecule has 11 unspecified atom stereocenters. The van der Waals surface area contributed by atoms with Crippen LogP contribution in [0.4, 0.5) is 0 Å². The Morgan fingerprint density at radius 2 is 1.77 bits per heavy atom. The summed E-state index contributed by atoms with van der Waals surface area (Å²) >= 11 is 0. The van der Waals surface area contributed by atoms with Gasteiger partial charge in [0.05, 0.1) is 31.5 Å². The van der Waals surface area contributed by atoms with Crippen molar-refractivity contribution in [2.45, 2.75) is 154 Å². The van der Waals surface area contributed by atoms with Gasteiger partial charge in [-0.15, -0.1) is 0 Å². The van der Waals surface area contributed by atoms with Crippen LogP contribution in [0.15, 0.2) is 0 Å². The van der Waals surface area contributed by atoms with Gasteiger partial charge in [-0.05, 0) is 142 Å². The molecule has 12 atom stereocenters. The van der Waals surface area contributed by atoms with Crippen LogP contribution >= 0.6 is 0 Å². The molecule has 8 aliphatic rings. The van der Waals surface area contributed by atoms with E-state index in [1.165, 1.54) is 51.4 Å². The van der Waals surface area contributed by atoms with E-state index in [2.05, 4.69) is 20.8 Å². The van der Waals surface area contributed by atoms with Crippen molar-refractivity contribution in [3.63, 3.8) is 0 Å². The molecule has 2 heterocycles. The van der Waals surface area contributed by atoms with Crippen LogP contribution in [-0.2, 0) is 33.3 Å². The normalized spacial score (nSPS) is 47.4. The number of nitrogens with zero attached hydrogens (tertiary/aromatic N) is 1. The number of rotatable bonds is 9. The standard InChI is InChI=1S/C39H61NO7/c1-35(2)30-12-10-25-27-20-29-26(9-11-28(46-29)34(45-23-41)36(3,4)43-6)37(27,5)15-16-38(25)22-39(30,38)14-13-31(35)47-33-21-40(17-18-44-33)32(42)19-24-7-8-24/h23-31,33-34H,7-22H2,1-6H3/t25?,26?,27?,28?,29?,30?,31?,33?,34?,37?,38-,39?/m0/s1. The highest BCUT2D eigenvalue weighted by Gasteiger charge is 2.80. The third-order valence-corrected chi connectivity index (χ3v) is 16.2. The van der Waals surface area contributed by atoms with Crippen LogP contribution in [0.2, 0.25) is 0 Å². The fraction of sp³-hybridized carbons (Fsp3) is 0.949. The lowest BCUT2D eigenvalue weighted by Crippen LogP contribution is -2.56. The topological polar surface area (TPSA) is 83.5 Å². The Morgan fingerprint density at radius 3 is 2.51 bits per heavy atom. The lowest BCUT2D eigenvalue weighted by Gasteiger charge is -2.60. The second-order valence-electron chi connectivity index (χ2n) is 18.7. The van der Waals surface area contributed by atoms with E-state index < -0.39 is 11.7 Å². The van der Waals surface area contributed by atoms with Crippen molar-refractivity contribution in [2.75, 3.05) is 26.8 Å². The Labute approximate surface area is 282 Å². The van der Waals surface area contributed by atoms with E-state index in [-0.39, 0.29) is 35.9 Å². The van der Waals surface area contributed by atoms with Gasteiger partial charge in [-0.25, -0.2) is 0 Å². The minimum atomic E-state index is -0.595. The van der Waals surface area contributed by atoms with E-state index in [1.807, 2.05) is 18.7 Å². The summed E-state index contributed by atoms with van der Waals surface area (Å²) in [5.74, 6) is 3.64. The summed E-state index contributed by atoms with van der Waals surface area (Å²) in [5.41, 5.74) is 0.740. The summed E-state index contributed by atoms with van der Waals surface area (Å²) in [5, 5.41) is 0. The van der Waals surface area contributed by atoms with Gasteiger partial charge in [0.1, 0.15) is 5.60 Å². The van der Waals surface area contributed by atoms with Crippen molar-refractivity contribution in [3.8, 4) is 0 Å². The van der Waals surface area contributed by atoms with Crippen LogP contribution in [0.1, 0.15) is 118 Å². The monoisotopic (exact) mass is 655 g/mol. The zero-order valence-corrected chi connectivity index (χ0v) is 30.0. The first-order valence-electron chi connectivity index (χ1n) is 19.2. The fourth-order valence-corrected chi connectivity index (χ4v) is 13.4. The van der Waals surface area contributed by atoms with Gasteiger partial charge in [0, 0.05) is 20.1 Å². The molecule has 2 spiro atoms. The average molecular weight is 656 g/mol. The van der Waals surface area contributed by atoms with E-state index in [1.54, 1.807) is 7.11 Å². The summed E-state index contributed by atoms with van der Waals surface area (Å²) in [6.45, 7) is 14.0. The Hall–Kier alpha value is -1.22. The minimum absolute atomic E-state index is 0.0822. The third kappa shape index (κ3) is 5.02. The largest absolute Gasteiger partial charge is 0.459 e. The molecule has 0 aromatic carbocycles. The molecule has 2 saturated heterocycles. The van der Waals surface area contributed by atoms with E-state index in [0.717, 1.165) is 31.6 Å². The summed E-state index contributed by atoms with van der Waals surface area (Å²) in [6, 6.07) is 0. The molecule has 8 heteroatoms. The maximum absolute atomic E-state index is 12.9. The molecule has 6 saturated carbocycles. The Bertz CT molecular complexity index is 1230. The van der Waals surface area contributed by atoms with Gasteiger partial charge in [0.2, 0.25) is 5.91 Å². The number of amides is 1. The molecule has 0 bridgehead atoms. The Balaban J connectivity index is 0.950. The summed E-state index contributed by atoms with van der Waals surface area (Å²) < 4.78 is 31.3. The number of carbonyl (C=O) groups excluding carboxylic acids is 2. The summed E-state index contributed by atoms with van der Waals surface area (Å²) in [7, 11) is 1.69. The molecule has 8 fully saturated rings. The highest BCUT2D eigenvalue weighted by molar-refractivity contribution is 5.76. The number of hydrogen-bond donors (Lipinski definition) is 0. The van der Waals surface area contributed by atoms with Gasteiger partial charge in [-0.3, -0.25) is 9.59 Å². The molecule has 2 aliphatic heterocycles. The lowest BCUT2D eigenvalue weighted by molar-refractivity contribution is -0.244. The Morgan fingerprint density at radius 1 is 0.979 bits per heavy atom. The first kappa shape index (κ1) is 33.0. The molecule has 0 N–H and O–H groups in total. The molecule has 8 rings (SSSR count). The molecule has 1 amide bonds. The van der Waals surface area contributed by atoms with Gasteiger partial charge in [0.15, 0.2) is 12.4 Å². The number of hydrogen-bond acceptors (Lipinski definition) is 7. The second-order valence-corrected chi connectivity index (χ2v) is 18.7. The van der Waals surface area contributed by atoms with E-state index >= 15 is 0 Å². The zero-order chi connectivity index (χ0) is 33.0. The zero-order valence-electron chi connectivity index (χ0n) is 30.0. The average Bonchev–Trinajstić information content (AvgIpc) is 3.96. The number of fused-ring (bicyclic) bond motifs is 4. The molecule has 0 aromatic heterocycles. The predicted octanol–water partition coefficient (Wildman–Crippen LogP) is 6.53. The lowest BCUT2D eigenvalue weighted by atomic mass is 9.46. The Kier molecular flexibility index (Phi) is 7.99. The SMILES string of the molecule is COC(C)(C)C(OC=O)C1CCC2C(CC3C4CCC5C(C)(C)C(OC6CN(C(=O)CC7CC7)CCO6)CCC56C[C@@]46CCC23C)O1. The maximum atomic E-state index is 12.9. The van der Waals surface area contributed by atoms with Crippen LogP contribution in [0, 0.1) is 51.2 Å².